The number of hydrogen-bond donors (Lipinski definition) is 0. The third-order valence-electron chi connectivity index (χ3n) is 14.4. The van der Waals surface area contributed by atoms with E-state index in [0.717, 1.165) is 33.4 Å². The molecular formula is C60H64N12O10. The van der Waals surface area contributed by atoms with Crippen LogP contribution in [0.25, 0.3) is 41.8 Å². The summed E-state index contributed by atoms with van der Waals surface area (Å²) in [6, 6.07) is 55.7. The van der Waals surface area contributed by atoms with E-state index in [4.69, 9.17) is 47.4 Å². The van der Waals surface area contributed by atoms with Crippen molar-refractivity contribution in [1.82, 2.24) is 0 Å². The Balaban J connectivity index is 1.04. The third kappa shape index (κ3) is 16.6. The summed E-state index contributed by atoms with van der Waals surface area (Å²) in [6.45, 7) is 0.499. The molecule has 9 rings (SSSR count). The van der Waals surface area contributed by atoms with E-state index in [1.54, 1.807) is 0 Å². The minimum atomic E-state index is -1.26. The van der Waals surface area contributed by atoms with Crippen molar-refractivity contribution in [3.8, 4) is 0 Å². The lowest BCUT2D eigenvalue weighted by molar-refractivity contribution is -0.340. The maximum Gasteiger partial charge on any atom is 0.187 e. The maximum absolute atomic E-state index is 10.2. The number of azide groups is 4. The Kier molecular flexibility index (Phi) is 22.5. The summed E-state index contributed by atoms with van der Waals surface area (Å²) in [6.07, 6.45) is -12.0. The Morgan fingerprint density at radius 3 is 0.854 bits per heavy atom. The van der Waals surface area contributed by atoms with Gasteiger partial charge in [0.15, 0.2) is 12.6 Å². The van der Waals surface area contributed by atoms with Crippen molar-refractivity contribution in [1.29, 1.82) is 0 Å². The molecule has 0 amide bonds. The molecule has 1 saturated carbocycles. The van der Waals surface area contributed by atoms with E-state index < -0.39 is 85.7 Å². The highest BCUT2D eigenvalue weighted by molar-refractivity contribution is 5.19. The van der Waals surface area contributed by atoms with Crippen LogP contribution in [0.5, 0.6) is 0 Å². The van der Waals surface area contributed by atoms with Crippen LogP contribution in [0.4, 0.5) is 0 Å². The van der Waals surface area contributed by atoms with Crippen molar-refractivity contribution >= 4 is 0 Å². The van der Waals surface area contributed by atoms with Gasteiger partial charge in [0.2, 0.25) is 0 Å². The van der Waals surface area contributed by atoms with Crippen LogP contribution < -0.4 is 0 Å². The maximum atomic E-state index is 10.2. The molecule has 0 bridgehead atoms. The Labute approximate surface area is 474 Å². The van der Waals surface area contributed by atoms with Crippen LogP contribution in [0, 0.1) is 0 Å². The lowest BCUT2D eigenvalue weighted by atomic mass is 9.86. The molecular weight excluding hydrogens is 1050 g/mol. The summed E-state index contributed by atoms with van der Waals surface area (Å²) in [7, 11) is 0. The Morgan fingerprint density at radius 1 is 0.341 bits per heavy atom. The first-order chi connectivity index (χ1) is 40.5. The van der Waals surface area contributed by atoms with Gasteiger partial charge in [-0.25, -0.2) is 0 Å². The summed E-state index contributed by atoms with van der Waals surface area (Å²) in [4.78, 5) is 12.7. The quantitative estimate of drug-likeness (QED) is 0.0254. The molecule has 2 heterocycles. The van der Waals surface area contributed by atoms with Crippen molar-refractivity contribution < 1.29 is 47.4 Å². The molecule has 0 unspecified atom stereocenters. The average Bonchev–Trinajstić information content (AvgIpc) is 3.54. The highest BCUT2D eigenvalue weighted by atomic mass is 16.7. The fourth-order valence-electron chi connectivity index (χ4n) is 10.3. The Hall–Kier alpha value is -7.84. The van der Waals surface area contributed by atoms with Crippen molar-refractivity contribution in [2.45, 2.75) is 138 Å². The van der Waals surface area contributed by atoms with Gasteiger partial charge in [0.25, 0.3) is 0 Å². The zero-order chi connectivity index (χ0) is 56.6. The monoisotopic (exact) mass is 1110 g/mol. The Morgan fingerprint density at radius 2 is 0.598 bits per heavy atom. The molecule has 3 fully saturated rings. The molecule has 0 aromatic heterocycles. The van der Waals surface area contributed by atoms with E-state index >= 15 is 0 Å². The van der Waals surface area contributed by atoms with Crippen LogP contribution in [-0.2, 0) is 87.0 Å². The molecule has 0 radical (unpaired) electrons. The summed E-state index contributed by atoms with van der Waals surface area (Å²) in [5, 5.41) is 16.4. The van der Waals surface area contributed by atoms with Gasteiger partial charge in [-0.1, -0.05) is 202 Å². The Bertz CT molecular complexity index is 2850. The molecule has 22 nitrogen and oxygen atoms in total. The molecule has 3 aliphatic rings. The minimum absolute atomic E-state index is 0.0463. The van der Waals surface area contributed by atoms with Crippen LogP contribution in [0.15, 0.2) is 202 Å². The average molecular weight is 1110 g/mol. The van der Waals surface area contributed by atoms with E-state index in [-0.39, 0.29) is 65.6 Å². The van der Waals surface area contributed by atoms with Crippen molar-refractivity contribution in [2.24, 2.45) is 20.5 Å². The van der Waals surface area contributed by atoms with Gasteiger partial charge in [0.05, 0.1) is 89.2 Å². The number of ether oxygens (including phenoxy) is 10. The molecule has 22 heteroatoms. The first kappa shape index (κ1) is 58.8. The first-order valence-electron chi connectivity index (χ1n) is 27.1. The third-order valence-corrected chi connectivity index (χ3v) is 14.4. The fraction of sp³-hybridized carbons (Fsp3) is 0.400. The summed E-state index contributed by atoms with van der Waals surface area (Å²) in [5.41, 5.74) is 45.0. The number of hydrogen-bond acceptors (Lipinski definition) is 14. The first-order valence-corrected chi connectivity index (χ1v) is 27.1. The lowest BCUT2D eigenvalue weighted by Crippen LogP contribution is -2.63. The van der Waals surface area contributed by atoms with Gasteiger partial charge in [0.1, 0.15) is 36.6 Å². The van der Waals surface area contributed by atoms with Gasteiger partial charge in [-0.05, 0) is 68.3 Å². The van der Waals surface area contributed by atoms with Crippen LogP contribution in [0.2, 0.25) is 0 Å². The van der Waals surface area contributed by atoms with Crippen molar-refractivity contribution in [3.05, 3.63) is 257 Å². The fourth-order valence-corrected chi connectivity index (χ4v) is 10.3. The van der Waals surface area contributed by atoms with Crippen LogP contribution >= 0.6 is 0 Å². The highest BCUT2D eigenvalue weighted by Gasteiger charge is 2.53. The minimum Gasteiger partial charge on any atom is -0.368 e. The summed E-state index contributed by atoms with van der Waals surface area (Å²) >= 11 is 0. The molecule has 2 saturated heterocycles. The molecule has 6 aromatic rings. The van der Waals surface area contributed by atoms with Gasteiger partial charge in [-0.2, -0.15) is 0 Å². The second-order valence-corrected chi connectivity index (χ2v) is 19.8. The van der Waals surface area contributed by atoms with Gasteiger partial charge in [-0.15, -0.1) is 0 Å². The highest BCUT2D eigenvalue weighted by Crippen LogP contribution is 2.39. The van der Waals surface area contributed by atoms with Crippen LogP contribution in [0.3, 0.4) is 0 Å². The van der Waals surface area contributed by atoms with Crippen LogP contribution in [-0.4, -0.2) is 98.8 Å². The molecule has 14 atom stereocenters. The van der Waals surface area contributed by atoms with Gasteiger partial charge >= 0.3 is 0 Å². The lowest BCUT2D eigenvalue weighted by Gasteiger charge is -2.49. The molecule has 424 valence electrons. The van der Waals surface area contributed by atoms with Gasteiger partial charge < -0.3 is 47.4 Å². The van der Waals surface area contributed by atoms with Crippen LogP contribution in [0.1, 0.15) is 46.2 Å². The number of rotatable bonds is 28. The topological polar surface area (TPSA) is 287 Å². The van der Waals surface area contributed by atoms with E-state index in [9.17, 15) is 22.1 Å². The van der Waals surface area contributed by atoms with Gasteiger partial charge in [-0.3, -0.25) is 0 Å². The van der Waals surface area contributed by atoms with Gasteiger partial charge in [0, 0.05) is 19.6 Å². The summed E-state index contributed by atoms with van der Waals surface area (Å²) in [5.74, 6) is 0. The normalized spacial score (nSPS) is 26.9. The zero-order valence-corrected chi connectivity index (χ0v) is 44.9. The molecule has 1 aliphatic carbocycles. The SMILES string of the molecule is [N-]=[N+]=NC[C@H]1O[C@H](O[C@H]2C[C@H](N=[N+]=[N-])[C@@H](O[C@H]3O[C@H](CN=[N+]=[N-])[C@@H](OCc4ccccc4)[C@H](OCc4ccccc4)[C@H]3OCc3ccccc3)C[C@@H]2N=[N+]=[N-])[C@H](OCc2ccccc2)[C@@H](OCc2ccccc2)[C@@H]1OCc1ccccc1. The smallest absolute Gasteiger partial charge is 0.187 e. The molecule has 82 heavy (non-hydrogen) atoms. The van der Waals surface area contributed by atoms with Crippen molar-refractivity contribution in [2.75, 3.05) is 13.1 Å². The second kappa shape index (κ2) is 31.4. The standard InChI is InChI=1S/C60H64N12O10/c61-69-65-33-51-53(73-35-41-19-7-1-8-20-41)55(75-37-43-23-11-3-12-24-43)57(77-39-45-27-15-5-16-28-45)59(81-51)79-49-31-48(68-72-64)50(32-47(49)67-71-63)80-60-58(78-40-46-29-17-6-18-30-46)56(76-38-44-25-13-4-14-26-44)54(52(82-60)34-66-70-62)74-36-42-21-9-2-10-22-42/h1-30,47-60H,31-40H2/t47-,48-,49-,50-,51+,52+,53+,54+,55-,56-,57+,58+,59-,60-/m0/s1. The van der Waals surface area contributed by atoms with Crippen molar-refractivity contribution in [3.63, 3.8) is 0 Å². The van der Waals surface area contributed by atoms with E-state index in [1.165, 1.54) is 0 Å². The zero-order valence-electron chi connectivity index (χ0n) is 44.9. The molecule has 6 aromatic carbocycles. The van der Waals surface area contributed by atoms with E-state index in [0.29, 0.717) is 0 Å². The molecule has 2 aliphatic heterocycles. The second-order valence-electron chi connectivity index (χ2n) is 19.8. The number of benzene rings is 6. The summed E-state index contributed by atoms with van der Waals surface area (Å²) < 4.78 is 68.3. The molecule has 0 spiro atoms. The van der Waals surface area contributed by atoms with E-state index in [1.807, 2.05) is 182 Å². The predicted molar refractivity (Wildman–Crippen MR) is 300 cm³/mol. The van der Waals surface area contributed by atoms with E-state index in [2.05, 4.69) is 40.1 Å². The largest absolute Gasteiger partial charge is 0.368 e. The number of nitrogens with zero attached hydrogens (tertiary/aromatic N) is 12. The molecule has 0 N–H and O–H groups in total. The predicted octanol–water partition coefficient (Wildman–Crippen LogP) is 12.5.